The Morgan fingerprint density at radius 1 is 1.18 bits per heavy atom. The van der Waals surface area contributed by atoms with Gasteiger partial charge >= 0.3 is 11.9 Å². The summed E-state index contributed by atoms with van der Waals surface area (Å²) in [5, 5.41) is 3.26. The lowest BCUT2D eigenvalue weighted by molar-refractivity contribution is 0.0554. The normalized spacial score (nSPS) is 22.1. The zero-order chi connectivity index (χ0) is 15.7. The van der Waals surface area contributed by atoms with Crippen LogP contribution in [0.3, 0.4) is 0 Å². The van der Waals surface area contributed by atoms with E-state index in [9.17, 15) is 9.59 Å². The molecule has 1 aromatic rings. The molecule has 1 aromatic carbocycles. The molecule has 6 heteroatoms. The second kappa shape index (κ2) is 5.46. The zero-order valence-corrected chi connectivity index (χ0v) is 12.5. The van der Waals surface area contributed by atoms with E-state index in [2.05, 4.69) is 5.32 Å². The van der Waals surface area contributed by atoms with Gasteiger partial charge < -0.3 is 19.5 Å². The monoisotopic (exact) mass is 303 g/mol. The standard InChI is InChI=1S/C16H17NO5/c1-20-14(18)11-7-10-3-4-16(5-6-17-9-16)22-13(10)8-12(11)15(19)21-2/h3-4,7-8,17H,5-6,9H2,1-2H3. The summed E-state index contributed by atoms with van der Waals surface area (Å²) in [4.78, 5) is 23.8. The second-order valence-corrected chi connectivity index (χ2v) is 5.35. The van der Waals surface area contributed by atoms with E-state index < -0.39 is 11.9 Å². The fraction of sp³-hybridized carbons (Fsp3) is 0.375. The third-order valence-corrected chi connectivity index (χ3v) is 3.99. The van der Waals surface area contributed by atoms with E-state index in [1.807, 2.05) is 12.2 Å². The van der Waals surface area contributed by atoms with Gasteiger partial charge in [0.2, 0.25) is 0 Å². The first kappa shape index (κ1) is 14.6. The zero-order valence-electron chi connectivity index (χ0n) is 12.5. The molecule has 0 radical (unpaired) electrons. The van der Waals surface area contributed by atoms with Gasteiger partial charge in [-0.1, -0.05) is 6.08 Å². The third kappa shape index (κ3) is 2.35. The van der Waals surface area contributed by atoms with Crippen molar-refractivity contribution >= 4 is 18.0 Å². The predicted octanol–water partition coefficient (Wildman–Crippen LogP) is 1.40. The van der Waals surface area contributed by atoms with Crippen molar-refractivity contribution in [1.29, 1.82) is 0 Å². The van der Waals surface area contributed by atoms with Crippen molar-refractivity contribution in [3.05, 3.63) is 34.9 Å². The number of carbonyl (C=O) groups excluding carboxylic acids is 2. The first-order chi connectivity index (χ1) is 10.6. The molecule has 6 nitrogen and oxygen atoms in total. The molecule has 22 heavy (non-hydrogen) atoms. The average Bonchev–Trinajstić information content (AvgIpc) is 3.00. The largest absolute Gasteiger partial charge is 0.481 e. The minimum Gasteiger partial charge on any atom is -0.481 e. The lowest BCUT2D eigenvalue weighted by Crippen LogP contribution is -2.37. The van der Waals surface area contributed by atoms with Gasteiger partial charge in [-0.15, -0.1) is 0 Å². The number of ether oxygens (including phenoxy) is 3. The molecule has 0 saturated carbocycles. The summed E-state index contributed by atoms with van der Waals surface area (Å²) in [5.74, 6) is -0.612. The number of hydrogen-bond acceptors (Lipinski definition) is 6. The van der Waals surface area contributed by atoms with E-state index >= 15 is 0 Å². The van der Waals surface area contributed by atoms with Gasteiger partial charge in [-0.2, -0.15) is 0 Å². The van der Waals surface area contributed by atoms with Crippen LogP contribution in [-0.2, 0) is 9.47 Å². The molecule has 1 atom stereocenters. The van der Waals surface area contributed by atoms with Crippen LogP contribution in [0.1, 0.15) is 32.7 Å². The minimum atomic E-state index is -0.597. The summed E-state index contributed by atoms with van der Waals surface area (Å²) in [6.07, 6.45) is 4.77. The van der Waals surface area contributed by atoms with E-state index in [1.165, 1.54) is 14.2 Å². The number of fused-ring (bicyclic) bond motifs is 1. The van der Waals surface area contributed by atoms with Crippen molar-refractivity contribution < 1.29 is 23.8 Å². The highest BCUT2D eigenvalue weighted by Crippen LogP contribution is 2.36. The molecule has 1 spiro atoms. The lowest BCUT2D eigenvalue weighted by Gasteiger charge is -2.31. The summed E-state index contributed by atoms with van der Waals surface area (Å²) in [6, 6.07) is 3.15. The Bertz CT molecular complexity index is 659. The highest BCUT2D eigenvalue weighted by molar-refractivity contribution is 6.04. The molecule has 0 aliphatic carbocycles. The van der Waals surface area contributed by atoms with Crippen molar-refractivity contribution in [2.75, 3.05) is 27.3 Å². The molecule has 2 aliphatic rings. The van der Waals surface area contributed by atoms with Crippen LogP contribution in [0.4, 0.5) is 0 Å². The van der Waals surface area contributed by atoms with Crippen LogP contribution in [-0.4, -0.2) is 44.8 Å². The molecule has 116 valence electrons. The topological polar surface area (TPSA) is 73.9 Å². The maximum Gasteiger partial charge on any atom is 0.338 e. The van der Waals surface area contributed by atoms with Gasteiger partial charge in [0.25, 0.3) is 0 Å². The van der Waals surface area contributed by atoms with E-state index in [4.69, 9.17) is 14.2 Å². The minimum absolute atomic E-state index is 0.143. The van der Waals surface area contributed by atoms with Gasteiger partial charge in [0.05, 0.1) is 25.3 Å². The SMILES string of the molecule is COC(=O)c1cc2c(cc1C(=O)OC)OC1(C=C2)CCNC1. The fourth-order valence-electron chi connectivity index (χ4n) is 2.79. The first-order valence-corrected chi connectivity index (χ1v) is 7.02. The molecule has 0 bridgehead atoms. The molecule has 1 saturated heterocycles. The second-order valence-electron chi connectivity index (χ2n) is 5.35. The van der Waals surface area contributed by atoms with Crippen LogP contribution in [0, 0.1) is 0 Å². The van der Waals surface area contributed by atoms with E-state index in [0.717, 1.165) is 25.1 Å². The molecule has 1 fully saturated rings. The molecule has 1 unspecified atom stereocenters. The molecule has 1 N–H and O–H groups in total. The molecule has 3 rings (SSSR count). The highest BCUT2D eigenvalue weighted by atomic mass is 16.5. The first-order valence-electron chi connectivity index (χ1n) is 7.02. The van der Waals surface area contributed by atoms with Crippen LogP contribution in [0.2, 0.25) is 0 Å². The van der Waals surface area contributed by atoms with Gasteiger partial charge in [-0.3, -0.25) is 0 Å². The van der Waals surface area contributed by atoms with E-state index in [0.29, 0.717) is 5.75 Å². The van der Waals surface area contributed by atoms with Crippen molar-refractivity contribution in [2.45, 2.75) is 12.0 Å². The van der Waals surface area contributed by atoms with Crippen molar-refractivity contribution in [3.63, 3.8) is 0 Å². The van der Waals surface area contributed by atoms with Crippen LogP contribution in [0.25, 0.3) is 6.08 Å². The average molecular weight is 303 g/mol. The number of benzene rings is 1. The number of carbonyl (C=O) groups is 2. The smallest absolute Gasteiger partial charge is 0.338 e. The number of methoxy groups -OCH3 is 2. The van der Waals surface area contributed by atoms with E-state index in [-0.39, 0.29) is 16.7 Å². The fourth-order valence-corrected chi connectivity index (χ4v) is 2.79. The maximum atomic E-state index is 11.9. The Kier molecular flexibility index (Phi) is 3.62. The van der Waals surface area contributed by atoms with Crippen molar-refractivity contribution in [1.82, 2.24) is 5.32 Å². The van der Waals surface area contributed by atoms with Crippen LogP contribution >= 0.6 is 0 Å². The summed E-state index contributed by atoms with van der Waals surface area (Å²) in [5.41, 5.74) is 0.671. The van der Waals surface area contributed by atoms with Gasteiger partial charge in [-0.05, 0) is 24.8 Å². The molecular weight excluding hydrogens is 286 g/mol. The van der Waals surface area contributed by atoms with Gasteiger partial charge in [-0.25, -0.2) is 9.59 Å². The van der Waals surface area contributed by atoms with Gasteiger partial charge in [0.15, 0.2) is 0 Å². The molecule has 2 heterocycles. The summed E-state index contributed by atoms with van der Waals surface area (Å²) in [6.45, 7) is 1.60. The Labute approximate surface area is 128 Å². The lowest BCUT2D eigenvalue weighted by atomic mass is 9.95. The van der Waals surface area contributed by atoms with Crippen LogP contribution in [0.5, 0.6) is 5.75 Å². The third-order valence-electron chi connectivity index (χ3n) is 3.99. The van der Waals surface area contributed by atoms with Crippen LogP contribution < -0.4 is 10.1 Å². The number of rotatable bonds is 2. The summed E-state index contributed by atoms with van der Waals surface area (Å²) < 4.78 is 15.6. The van der Waals surface area contributed by atoms with Crippen molar-refractivity contribution in [3.8, 4) is 5.75 Å². The van der Waals surface area contributed by atoms with Crippen LogP contribution in [0.15, 0.2) is 18.2 Å². The van der Waals surface area contributed by atoms with Gasteiger partial charge in [0.1, 0.15) is 11.4 Å². The Morgan fingerprint density at radius 2 is 1.86 bits per heavy atom. The highest BCUT2D eigenvalue weighted by Gasteiger charge is 2.37. The predicted molar refractivity (Wildman–Crippen MR) is 79.0 cm³/mol. The number of esters is 2. The van der Waals surface area contributed by atoms with Gasteiger partial charge in [0, 0.05) is 18.5 Å². The molecule has 2 aliphatic heterocycles. The maximum absolute atomic E-state index is 11.9. The molecule has 0 amide bonds. The Morgan fingerprint density at radius 3 is 2.45 bits per heavy atom. The molecule has 0 aromatic heterocycles. The quantitative estimate of drug-likeness (QED) is 0.833. The molecular formula is C16H17NO5. The van der Waals surface area contributed by atoms with E-state index in [1.54, 1.807) is 12.1 Å². The number of hydrogen-bond donors (Lipinski definition) is 1. The Balaban J connectivity index is 2.07. The summed E-state index contributed by atoms with van der Waals surface area (Å²) >= 11 is 0. The Hall–Kier alpha value is -2.34. The van der Waals surface area contributed by atoms with Crippen molar-refractivity contribution in [2.24, 2.45) is 0 Å². The summed E-state index contributed by atoms with van der Waals surface area (Å²) in [7, 11) is 2.54. The number of nitrogens with one attached hydrogen (secondary N) is 1.